The maximum atomic E-state index is 6.47. The fraction of sp³-hybridized carbons (Fsp3) is 0.400. The highest BCUT2D eigenvalue weighted by molar-refractivity contribution is 5.56. The molecule has 8 nitrogen and oxygen atoms in total. The predicted octanol–water partition coefficient (Wildman–Crippen LogP) is 2.44. The van der Waals surface area contributed by atoms with Crippen molar-refractivity contribution in [1.29, 1.82) is 0 Å². The van der Waals surface area contributed by atoms with Gasteiger partial charge >= 0.3 is 0 Å². The smallest absolute Gasteiger partial charge is 0.203 e. The normalized spacial score (nSPS) is 12.7. The van der Waals surface area contributed by atoms with Crippen LogP contribution in [0.1, 0.15) is 23.2 Å². The molecule has 0 saturated carbocycles. The van der Waals surface area contributed by atoms with E-state index in [-0.39, 0.29) is 0 Å². The van der Waals surface area contributed by atoms with Crippen LogP contribution in [0.4, 0.5) is 0 Å². The van der Waals surface area contributed by atoms with Crippen LogP contribution in [0.2, 0.25) is 0 Å². The van der Waals surface area contributed by atoms with Crippen LogP contribution < -0.4 is 39.9 Å². The first kappa shape index (κ1) is 21.5. The lowest BCUT2D eigenvalue weighted by molar-refractivity contribution is 0.322. The minimum atomic E-state index is -0.559. The van der Waals surface area contributed by atoms with Crippen LogP contribution in [-0.2, 0) is 0 Å². The third-order valence-electron chi connectivity index (χ3n) is 4.53. The van der Waals surface area contributed by atoms with Gasteiger partial charge in [-0.1, -0.05) is 0 Å². The second-order valence-electron chi connectivity index (χ2n) is 5.97. The third-order valence-corrected chi connectivity index (χ3v) is 4.53. The van der Waals surface area contributed by atoms with Crippen molar-refractivity contribution in [3.05, 3.63) is 35.4 Å². The lowest BCUT2D eigenvalue weighted by atomic mass is 9.93. The summed E-state index contributed by atoms with van der Waals surface area (Å²) in [5.74, 6) is 2.99. The molecule has 2 atom stereocenters. The second-order valence-corrected chi connectivity index (χ2v) is 5.97. The molecule has 0 amide bonds. The molecule has 0 aliphatic heterocycles. The predicted molar refractivity (Wildman–Crippen MR) is 106 cm³/mol. The van der Waals surface area contributed by atoms with E-state index in [4.69, 9.17) is 39.9 Å². The van der Waals surface area contributed by atoms with E-state index < -0.39 is 12.1 Å². The van der Waals surface area contributed by atoms with E-state index in [1.54, 1.807) is 66.9 Å². The molecule has 0 spiro atoms. The van der Waals surface area contributed by atoms with Crippen LogP contribution in [-0.4, -0.2) is 42.7 Å². The van der Waals surface area contributed by atoms with Gasteiger partial charge in [-0.3, -0.25) is 0 Å². The standard InChI is InChI=1S/C20H28N2O6/c1-23-13-7-11(8-14(24-2)19(13)27-5)17(21)18(22)12-9-15(25-3)20(28-6)16(10-12)26-4/h7-10,17-18H,21-22H2,1-6H3/t17-,18-/m1/s1. The molecule has 8 heteroatoms. The molecular weight excluding hydrogens is 364 g/mol. The van der Waals surface area contributed by atoms with E-state index in [0.29, 0.717) is 34.5 Å². The van der Waals surface area contributed by atoms with Gasteiger partial charge in [0.05, 0.1) is 42.7 Å². The molecule has 154 valence electrons. The Hall–Kier alpha value is -2.84. The van der Waals surface area contributed by atoms with Crippen LogP contribution in [0.15, 0.2) is 24.3 Å². The zero-order chi connectivity index (χ0) is 20.8. The summed E-state index contributed by atoms with van der Waals surface area (Å²) >= 11 is 0. The molecule has 0 saturated heterocycles. The van der Waals surface area contributed by atoms with Crippen molar-refractivity contribution in [2.45, 2.75) is 12.1 Å². The molecule has 2 aromatic rings. The van der Waals surface area contributed by atoms with Gasteiger partial charge in [-0.15, -0.1) is 0 Å². The number of ether oxygens (including phenoxy) is 6. The second kappa shape index (κ2) is 9.38. The van der Waals surface area contributed by atoms with Crippen LogP contribution in [0.3, 0.4) is 0 Å². The fourth-order valence-electron chi connectivity index (χ4n) is 3.00. The van der Waals surface area contributed by atoms with Crippen molar-refractivity contribution in [2.75, 3.05) is 42.7 Å². The van der Waals surface area contributed by atoms with Gasteiger partial charge in [0.25, 0.3) is 0 Å². The van der Waals surface area contributed by atoms with Crippen molar-refractivity contribution in [3.8, 4) is 34.5 Å². The van der Waals surface area contributed by atoms with Gasteiger partial charge < -0.3 is 39.9 Å². The molecule has 0 aromatic heterocycles. The largest absolute Gasteiger partial charge is 0.493 e. The highest BCUT2D eigenvalue weighted by atomic mass is 16.5. The summed E-state index contributed by atoms with van der Waals surface area (Å²) in [7, 11) is 9.28. The van der Waals surface area contributed by atoms with Gasteiger partial charge in [-0.05, 0) is 35.4 Å². The molecule has 0 aliphatic carbocycles. The highest BCUT2D eigenvalue weighted by Crippen LogP contribution is 2.43. The van der Waals surface area contributed by atoms with Gasteiger partial charge in [0.2, 0.25) is 11.5 Å². The Kier molecular flexibility index (Phi) is 7.19. The molecule has 2 rings (SSSR count). The highest BCUT2D eigenvalue weighted by Gasteiger charge is 2.24. The minimum absolute atomic E-state index is 0.488. The average molecular weight is 392 g/mol. The molecule has 0 fully saturated rings. The zero-order valence-corrected chi connectivity index (χ0v) is 17.1. The monoisotopic (exact) mass is 392 g/mol. The Bertz CT molecular complexity index is 694. The summed E-state index contributed by atoms with van der Waals surface area (Å²) in [5.41, 5.74) is 14.4. The number of benzene rings is 2. The van der Waals surface area contributed by atoms with E-state index in [2.05, 4.69) is 0 Å². The van der Waals surface area contributed by atoms with Crippen molar-refractivity contribution in [3.63, 3.8) is 0 Å². The third kappa shape index (κ3) is 4.02. The van der Waals surface area contributed by atoms with Crippen molar-refractivity contribution in [2.24, 2.45) is 11.5 Å². The molecule has 0 bridgehead atoms. The SMILES string of the molecule is COc1cc([C@@H](N)[C@H](N)c2cc(OC)c(OC)c(OC)c2)cc(OC)c1OC. The van der Waals surface area contributed by atoms with Gasteiger partial charge in [0, 0.05) is 12.1 Å². The number of hydrogen-bond donors (Lipinski definition) is 2. The number of rotatable bonds is 9. The Balaban J connectivity index is 2.48. The van der Waals surface area contributed by atoms with Gasteiger partial charge in [0.15, 0.2) is 23.0 Å². The summed E-state index contributed by atoms with van der Waals surface area (Å²) in [6.07, 6.45) is 0. The quantitative estimate of drug-likeness (QED) is 0.670. The van der Waals surface area contributed by atoms with Crippen molar-refractivity contribution < 1.29 is 28.4 Å². The molecule has 0 unspecified atom stereocenters. The minimum Gasteiger partial charge on any atom is -0.493 e. The number of methoxy groups -OCH3 is 6. The van der Waals surface area contributed by atoms with Crippen LogP contribution in [0.5, 0.6) is 34.5 Å². The van der Waals surface area contributed by atoms with E-state index in [1.807, 2.05) is 0 Å². The first-order chi connectivity index (χ1) is 13.4. The van der Waals surface area contributed by atoms with Crippen LogP contribution in [0, 0.1) is 0 Å². The first-order valence-corrected chi connectivity index (χ1v) is 8.56. The molecule has 28 heavy (non-hydrogen) atoms. The Morgan fingerprint density at radius 1 is 0.500 bits per heavy atom. The molecule has 0 heterocycles. The topological polar surface area (TPSA) is 107 Å². The molecule has 4 N–H and O–H groups in total. The van der Waals surface area contributed by atoms with E-state index in [9.17, 15) is 0 Å². The molecule has 0 radical (unpaired) electrons. The zero-order valence-electron chi connectivity index (χ0n) is 17.1. The summed E-state index contributed by atoms with van der Waals surface area (Å²) < 4.78 is 32.3. The Morgan fingerprint density at radius 3 is 0.929 bits per heavy atom. The number of nitrogens with two attached hydrogens (primary N) is 2. The molecule has 2 aromatic carbocycles. The van der Waals surface area contributed by atoms with Gasteiger partial charge in [-0.25, -0.2) is 0 Å². The summed E-state index contributed by atoms with van der Waals surface area (Å²) in [6, 6.07) is 6.01. The van der Waals surface area contributed by atoms with Crippen molar-refractivity contribution in [1.82, 2.24) is 0 Å². The lowest BCUT2D eigenvalue weighted by Gasteiger charge is -2.24. The Morgan fingerprint density at radius 2 is 0.750 bits per heavy atom. The molecule has 0 aliphatic rings. The maximum Gasteiger partial charge on any atom is 0.203 e. The van der Waals surface area contributed by atoms with Gasteiger partial charge in [0.1, 0.15) is 0 Å². The van der Waals surface area contributed by atoms with Gasteiger partial charge in [-0.2, -0.15) is 0 Å². The van der Waals surface area contributed by atoms with E-state index in [0.717, 1.165) is 11.1 Å². The lowest BCUT2D eigenvalue weighted by Crippen LogP contribution is -2.26. The Labute approximate surface area is 165 Å². The van der Waals surface area contributed by atoms with E-state index in [1.165, 1.54) is 0 Å². The maximum absolute atomic E-state index is 6.47. The van der Waals surface area contributed by atoms with E-state index >= 15 is 0 Å². The average Bonchev–Trinajstić information content (AvgIpc) is 2.75. The number of hydrogen-bond acceptors (Lipinski definition) is 8. The summed E-state index contributed by atoms with van der Waals surface area (Å²) in [5, 5.41) is 0. The van der Waals surface area contributed by atoms with Crippen LogP contribution >= 0.6 is 0 Å². The van der Waals surface area contributed by atoms with Crippen molar-refractivity contribution >= 4 is 0 Å². The summed E-state index contributed by atoms with van der Waals surface area (Å²) in [6.45, 7) is 0. The summed E-state index contributed by atoms with van der Waals surface area (Å²) in [4.78, 5) is 0. The fourth-order valence-corrected chi connectivity index (χ4v) is 3.00. The first-order valence-electron chi connectivity index (χ1n) is 8.56. The molecular formula is C20H28N2O6. The van der Waals surface area contributed by atoms with Crippen LogP contribution in [0.25, 0.3) is 0 Å².